The van der Waals surface area contributed by atoms with Crippen LogP contribution in [0.3, 0.4) is 0 Å². The van der Waals surface area contributed by atoms with E-state index in [0.717, 1.165) is 29.4 Å². The normalized spacial score (nSPS) is 13.9. The standard InChI is InChI=1S/C24H30N2O2/c1-23(2,3)15-11-12-20(18(13-15)24(4,5)6)26-22(28)17-14-25-19-10-8-7-9-16(19)21(17)27/h9-14,25H,7-8H2,1-6H3,(H,26,28). The lowest BCUT2D eigenvalue weighted by molar-refractivity contribution is 0.102. The molecule has 0 saturated carbocycles. The Morgan fingerprint density at radius 1 is 1.00 bits per heavy atom. The number of rotatable bonds is 2. The van der Waals surface area contributed by atoms with Crippen molar-refractivity contribution in [3.8, 4) is 0 Å². The van der Waals surface area contributed by atoms with Gasteiger partial charge in [-0.1, -0.05) is 65.8 Å². The fraction of sp³-hybridized carbons (Fsp3) is 0.417. The highest BCUT2D eigenvalue weighted by atomic mass is 16.2. The van der Waals surface area contributed by atoms with Gasteiger partial charge in [-0.25, -0.2) is 0 Å². The molecule has 148 valence electrons. The summed E-state index contributed by atoms with van der Waals surface area (Å²) >= 11 is 0. The summed E-state index contributed by atoms with van der Waals surface area (Å²) in [6.07, 6.45) is 7.16. The number of carbonyl (C=O) groups is 1. The van der Waals surface area contributed by atoms with Gasteiger partial charge in [0.1, 0.15) is 5.56 Å². The maximum Gasteiger partial charge on any atom is 0.261 e. The molecule has 1 heterocycles. The molecule has 0 saturated heterocycles. The van der Waals surface area contributed by atoms with E-state index in [2.05, 4.69) is 57.9 Å². The second kappa shape index (κ2) is 7.08. The fourth-order valence-electron chi connectivity index (χ4n) is 3.49. The van der Waals surface area contributed by atoms with Crippen molar-refractivity contribution in [3.05, 3.63) is 61.9 Å². The number of hydrogen-bond donors (Lipinski definition) is 2. The number of aromatic amines is 1. The molecule has 4 nitrogen and oxygen atoms in total. The molecule has 3 rings (SSSR count). The second-order valence-corrected chi connectivity index (χ2v) is 9.56. The van der Waals surface area contributed by atoms with E-state index in [1.54, 1.807) is 0 Å². The van der Waals surface area contributed by atoms with Gasteiger partial charge in [-0.3, -0.25) is 9.59 Å². The Bertz CT molecular complexity index is 1090. The van der Waals surface area contributed by atoms with E-state index in [0.29, 0.717) is 5.22 Å². The zero-order valence-corrected chi connectivity index (χ0v) is 17.7. The molecule has 0 radical (unpaired) electrons. The number of fused-ring (bicyclic) bond motifs is 1. The van der Waals surface area contributed by atoms with Crippen molar-refractivity contribution in [2.45, 2.75) is 65.2 Å². The number of anilines is 1. The van der Waals surface area contributed by atoms with E-state index in [4.69, 9.17) is 0 Å². The van der Waals surface area contributed by atoms with Crippen molar-refractivity contribution in [1.82, 2.24) is 4.98 Å². The quantitative estimate of drug-likeness (QED) is 0.839. The molecular formula is C24H30N2O2. The fourth-order valence-corrected chi connectivity index (χ4v) is 3.49. The van der Waals surface area contributed by atoms with Gasteiger partial charge in [0, 0.05) is 22.5 Å². The molecule has 0 unspecified atom stereocenters. The first-order valence-electron chi connectivity index (χ1n) is 9.87. The highest BCUT2D eigenvalue weighted by Crippen LogP contribution is 2.34. The highest BCUT2D eigenvalue weighted by molar-refractivity contribution is 6.04. The van der Waals surface area contributed by atoms with Crippen LogP contribution in [0.4, 0.5) is 5.69 Å². The Balaban J connectivity index is 2.03. The van der Waals surface area contributed by atoms with Crippen LogP contribution in [-0.2, 0) is 10.8 Å². The van der Waals surface area contributed by atoms with Gasteiger partial charge in [0.15, 0.2) is 0 Å². The Labute approximate surface area is 166 Å². The van der Waals surface area contributed by atoms with Crippen LogP contribution in [0.25, 0.3) is 12.2 Å². The van der Waals surface area contributed by atoms with Crippen LogP contribution in [-0.4, -0.2) is 10.9 Å². The number of pyridine rings is 1. The highest BCUT2D eigenvalue weighted by Gasteiger charge is 2.24. The number of amides is 1. The molecule has 0 bridgehead atoms. The number of carbonyl (C=O) groups excluding carboxylic acids is 1. The van der Waals surface area contributed by atoms with Crippen molar-refractivity contribution in [3.63, 3.8) is 0 Å². The SMILES string of the molecule is CC(C)(C)c1ccc(NC(=O)c2c[nH]c3c(c2=O)=CCCC=3)c(C(C)(C)C)c1. The van der Waals surface area contributed by atoms with E-state index in [9.17, 15) is 9.59 Å². The van der Waals surface area contributed by atoms with Crippen molar-refractivity contribution in [2.75, 3.05) is 5.32 Å². The minimum Gasteiger partial charge on any atom is -0.360 e. The van der Waals surface area contributed by atoms with Gasteiger partial charge in [-0.15, -0.1) is 0 Å². The molecule has 1 amide bonds. The first kappa shape index (κ1) is 20.1. The summed E-state index contributed by atoms with van der Waals surface area (Å²) in [4.78, 5) is 28.8. The summed E-state index contributed by atoms with van der Waals surface area (Å²) in [7, 11) is 0. The van der Waals surface area contributed by atoms with Gasteiger partial charge in [0.05, 0.1) is 0 Å². The van der Waals surface area contributed by atoms with Gasteiger partial charge in [0.2, 0.25) is 5.43 Å². The minimum atomic E-state index is -0.378. The summed E-state index contributed by atoms with van der Waals surface area (Å²) in [5.74, 6) is -0.378. The molecule has 0 fully saturated rings. The third kappa shape index (κ3) is 3.96. The van der Waals surface area contributed by atoms with Crippen LogP contribution in [0, 0.1) is 0 Å². The van der Waals surface area contributed by atoms with E-state index < -0.39 is 0 Å². The smallest absolute Gasteiger partial charge is 0.261 e. The third-order valence-corrected chi connectivity index (χ3v) is 5.20. The average molecular weight is 379 g/mol. The van der Waals surface area contributed by atoms with Crippen molar-refractivity contribution >= 4 is 23.7 Å². The Morgan fingerprint density at radius 2 is 1.68 bits per heavy atom. The molecule has 1 aromatic heterocycles. The van der Waals surface area contributed by atoms with Crippen LogP contribution >= 0.6 is 0 Å². The van der Waals surface area contributed by atoms with Crippen LogP contribution in [0.1, 0.15) is 75.9 Å². The number of H-pyrrole nitrogens is 1. The lowest BCUT2D eigenvalue weighted by atomic mass is 9.80. The Morgan fingerprint density at radius 3 is 2.32 bits per heavy atom. The van der Waals surface area contributed by atoms with Crippen LogP contribution < -0.4 is 21.3 Å². The predicted molar refractivity (Wildman–Crippen MR) is 116 cm³/mol. The molecule has 0 aliphatic heterocycles. The first-order valence-corrected chi connectivity index (χ1v) is 9.87. The maximum absolute atomic E-state index is 12.9. The number of aromatic nitrogens is 1. The van der Waals surface area contributed by atoms with E-state index in [1.165, 1.54) is 11.8 Å². The van der Waals surface area contributed by atoms with Gasteiger partial charge >= 0.3 is 0 Å². The average Bonchev–Trinajstić information content (AvgIpc) is 2.60. The summed E-state index contributed by atoms with van der Waals surface area (Å²) in [6, 6.07) is 6.16. The molecular weight excluding hydrogens is 348 g/mol. The van der Waals surface area contributed by atoms with E-state index in [1.807, 2.05) is 24.3 Å². The Kier molecular flexibility index (Phi) is 5.09. The summed E-state index contributed by atoms with van der Waals surface area (Å²) in [6.45, 7) is 12.9. The minimum absolute atomic E-state index is 0.0184. The van der Waals surface area contributed by atoms with Crippen LogP contribution in [0.2, 0.25) is 0 Å². The Hall–Kier alpha value is -2.62. The zero-order valence-electron chi connectivity index (χ0n) is 17.7. The third-order valence-electron chi connectivity index (χ3n) is 5.20. The molecule has 0 atom stereocenters. The molecule has 1 aliphatic rings. The van der Waals surface area contributed by atoms with Gasteiger partial charge in [0.25, 0.3) is 5.91 Å². The van der Waals surface area contributed by atoms with E-state index in [-0.39, 0.29) is 27.7 Å². The molecule has 2 N–H and O–H groups in total. The second-order valence-electron chi connectivity index (χ2n) is 9.56. The summed E-state index contributed by atoms with van der Waals surface area (Å²) < 4.78 is 0. The topological polar surface area (TPSA) is 62.0 Å². The van der Waals surface area contributed by atoms with Crippen molar-refractivity contribution < 1.29 is 4.79 Å². The predicted octanol–water partition coefficient (Wildman–Crippen LogP) is 3.58. The first-order chi connectivity index (χ1) is 13.0. The number of benzene rings is 1. The van der Waals surface area contributed by atoms with Crippen LogP contribution in [0.5, 0.6) is 0 Å². The largest absolute Gasteiger partial charge is 0.360 e. The van der Waals surface area contributed by atoms with Gasteiger partial charge in [-0.05, 0) is 40.9 Å². The number of hydrogen-bond acceptors (Lipinski definition) is 2. The van der Waals surface area contributed by atoms with Crippen molar-refractivity contribution in [2.24, 2.45) is 0 Å². The van der Waals surface area contributed by atoms with Gasteiger partial charge < -0.3 is 10.3 Å². The summed E-state index contributed by atoms with van der Waals surface area (Å²) in [5, 5.41) is 4.38. The van der Waals surface area contributed by atoms with Crippen LogP contribution in [0.15, 0.2) is 29.2 Å². The summed E-state index contributed by atoms with van der Waals surface area (Å²) in [5.41, 5.74) is 2.82. The zero-order chi connectivity index (χ0) is 20.7. The molecule has 2 aromatic rings. The monoisotopic (exact) mass is 378 g/mol. The van der Waals surface area contributed by atoms with E-state index >= 15 is 0 Å². The molecule has 0 spiro atoms. The lowest BCUT2D eigenvalue weighted by Gasteiger charge is -2.27. The molecule has 28 heavy (non-hydrogen) atoms. The maximum atomic E-state index is 12.9. The molecule has 1 aliphatic carbocycles. The molecule has 1 aromatic carbocycles. The number of nitrogens with one attached hydrogen (secondary N) is 2. The van der Waals surface area contributed by atoms with Gasteiger partial charge in [-0.2, -0.15) is 0 Å². The van der Waals surface area contributed by atoms with Crippen molar-refractivity contribution in [1.29, 1.82) is 0 Å². The lowest BCUT2D eigenvalue weighted by Crippen LogP contribution is -2.45. The molecule has 4 heteroatoms.